The maximum absolute atomic E-state index is 8.67. The molecule has 0 unspecified atom stereocenters. The van der Waals surface area contributed by atoms with Crippen molar-refractivity contribution in [3.63, 3.8) is 0 Å². The minimum absolute atomic E-state index is 0.250. The average molecular weight is 240 g/mol. The lowest BCUT2D eigenvalue weighted by Gasteiger charge is -2.13. The first kappa shape index (κ1) is 12.4. The van der Waals surface area contributed by atoms with Gasteiger partial charge in [0, 0.05) is 6.04 Å². The molecule has 0 amide bonds. The third kappa shape index (κ3) is 2.99. The Labute approximate surface area is 107 Å². The highest BCUT2D eigenvalue weighted by atomic mass is 16.3. The molecule has 2 aromatic rings. The molecule has 0 aliphatic heterocycles. The Bertz CT molecular complexity index is 566. The van der Waals surface area contributed by atoms with Crippen molar-refractivity contribution in [2.24, 2.45) is 0 Å². The molecule has 0 aliphatic rings. The van der Waals surface area contributed by atoms with E-state index >= 15 is 0 Å². The third-order valence-corrected chi connectivity index (χ3v) is 2.90. The van der Waals surface area contributed by atoms with Crippen LogP contribution in [0.25, 0.3) is 0 Å². The van der Waals surface area contributed by atoms with Gasteiger partial charge in [-0.05, 0) is 31.5 Å². The van der Waals surface area contributed by atoms with E-state index in [1.54, 1.807) is 6.07 Å². The van der Waals surface area contributed by atoms with Crippen LogP contribution in [0.1, 0.15) is 35.6 Å². The second kappa shape index (κ2) is 5.52. The van der Waals surface area contributed by atoms with Crippen LogP contribution in [0.5, 0.6) is 0 Å². The zero-order valence-electron chi connectivity index (χ0n) is 10.6. The summed E-state index contributed by atoms with van der Waals surface area (Å²) in [6, 6.07) is 14.2. The molecule has 1 N–H and O–H groups in total. The Morgan fingerprint density at radius 3 is 2.83 bits per heavy atom. The van der Waals surface area contributed by atoms with Crippen LogP contribution in [-0.4, -0.2) is 0 Å². The van der Waals surface area contributed by atoms with Crippen LogP contribution in [0.2, 0.25) is 0 Å². The Kier molecular flexibility index (Phi) is 3.81. The zero-order chi connectivity index (χ0) is 13.0. The van der Waals surface area contributed by atoms with E-state index in [0.717, 1.165) is 5.76 Å². The lowest BCUT2D eigenvalue weighted by atomic mass is 10.1. The monoisotopic (exact) mass is 240 g/mol. The fraction of sp³-hybridized carbons (Fsp3) is 0.267. The van der Waals surface area contributed by atoms with E-state index in [9.17, 15) is 0 Å². The molecule has 2 rings (SSSR count). The molecule has 1 atom stereocenters. The lowest BCUT2D eigenvalue weighted by molar-refractivity contribution is 0.453. The van der Waals surface area contributed by atoms with Crippen LogP contribution in [0.4, 0.5) is 0 Å². The Hall–Kier alpha value is -2.05. The fourth-order valence-corrected chi connectivity index (χ4v) is 1.84. The summed E-state index contributed by atoms with van der Waals surface area (Å²) in [5.41, 5.74) is 2.51. The van der Waals surface area contributed by atoms with Gasteiger partial charge in [0.1, 0.15) is 11.8 Å². The van der Waals surface area contributed by atoms with Crippen molar-refractivity contribution in [2.45, 2.75) is 26.4 Å². The molecule has 0 radical (unpaired) electrons. The van der Waals surface area contributed by atoms with Crippen molar-refractivity contribution in [1.82, 2.24) is 5.32 Å². The van der Waals surface area contributed by atoms with Crippen LogP contribution in [0, 0.1) is 18.3 Å². The second-order valence-electron chi connectivity index (χ2n) is 4.39. The summed E-state index contributed by atoms with van der Waals surface area (Å²) in [4.78, 5) is 0. The maximum Gasteiger partial charge on any atom is 0.203 e. The molecule has 1 heterocycles. The number of hydrogen-bond donors (Lipinski definition) is 1. The molecule has 1 aromatic heterocycles. The van der Waals surface area contributed by atoms with Gasteiger partial charge in [-0.3, -0.25) is 0 Å². The molecule has 0 bridgehead atoms. The predicted molar refractivity (Wildman–Crippen MR) is 69.9 cm³/mol. The van der Waals surface area contributed by atoms with Crippen molar-refractivity contribution in [3.05, 3.63) is 59.0 Å². The molecule has 1 aromatic carbocycles. The molecule has 18 heavy (non-hydrogen) atoms. The van der Waals surface area contributed by atoms with E-state index in [0.29, 0.717) is 12.3 Å². The van der Waals surface area contributed by atoms with Gasteiger partial charge < -0.3 is 9.73 Å². The first-order valence-corrected chi connectivity index (χ1v) is 5.98. The zero-order valence-corrected chi connectivity index (χ0v) is 10.6. The topological polar surface area (TPSA) is 49.0 Å². The molecular weight excluding hydrogens is 224 g/mol. The van der Waals surface area contributed by atoms with Gasteiger partial charge in [-0.2, -0.15) is 5.26 Å². The average Bonchev–Trinajstić information content (AvgIpc) is 2.84. The van der Waals surface area contributed by atoms with Gasteiger partial charge in [-0.1, -0.05) is 29.8 Å². The third-order valence-electron chi connectivity index (χ3n) is 2.90. The Balaban J connectivity index is 1.96. The van der Waals surface area contributed by atoms with Gasteiger partial charge in [0.15, 0.2) is 0 Å². The normalized spacial score (nSPS) is 12.1. The number of benzene rings is 1. The van der Waals surface area contributed by atoms with Crippen LogP contribution < -0.4 is 5.32 Å². The van der Waals surface area contributed by atoms with Gasteiger partial charge in [-0.15, -0.1) is 0 Å². The van der Waals surface area contributed by atoms with E-state index in [1.807, 2.05) is 12.1 Å². The summed E-state index contributed by atoms with van der Waals surface area (Å²) >= 11 is 0. The first-order chi connectivity index (χ1) is 8.69. The molecule has 0 aliphatic carbocycles. The van der Waals surface area contributed by atoms with Crippen molar-refractivity contribution in [1.29, 1.82) is 5.26 Å². The second-order valence-corrected chi connectivity index (χ2v) is 4.39. The van der Waals surface area contributed by atoms with Crippen molar-refractivity contribution in [3.8, 4) is 6.07 Å². The van der Waals surface area contributed by atoms with Gasteiger partial charge in [0.05, 0.1) is 6.54 Å². The van der Waals surface area contributed by atoms with E-state index in [-0.39, 0.29) is 6.04 Å². The summed E-state index contributed by atoms with van der Waals surface area (Å²) in [5, 5.41) is 12.0. The highest BCUT2D eigenvalue weighted by Gasteiger charge is 2.06. The predicted octanol–water partition coefficient (Wildman–Crippen LogP) is 3.31. The lowest BCUT2D eigenvalue weighted by Crippen LogP contribution is -2.17. The van der Waals surface area contributed by atoms with E-state index < -0.39 is 0 Å². The van der Waals surface area contributed by atoms with Crippen LogP contribution in [0.15, 0.2) is 40.8 Å². The van der Waals surface area contributed by atoms with E-state index in [4.69, 9.17) is 9.68 Å². The maximum atomic E-state index is 8.67. The standard InChI is InChI=1S/C15H16N2O/c1-11-4-3-5-13(8-11)12(2)17-10-15-7-6-14(9-16)18-15/h3-8,12,17H,10H2,1-2H3/t12-/m1/s1. The SMILES string of the molecule is Cc1cccc([C@@H](C)NCc2ccc(C#N)o2)c1. The van der Waals surface area contributed by atoms with Gasteiger partial charge in [0.2, 0.25) is 5.76 Å². The summed E-state index contributed by atoms with van der Waals surface area (Å²) in [5.74, 6) is 1.14. The van der Waals surface area contributed by atoms with Crippen molar-refractivity contribution >= 4 is 0 Å². The van der Waals surface area contributed by atoms with Gasteiger partial charge in [0.25, 0.3) is 0 Å². The first-order valence-electron chi connectivity index (χ1n) is 5.98. The summed E-state index contributed by atoms with van der Waals surface area (Å²) in [6.07, 6.45) is 0. The van der Waals surface area contributed by atoms with Gasteiger partial charge in [-0.25, -0.2) is 0 Å². The van der Waals surface area contributed by atoms with Gasteiger partial charge >= 0.3 is 0 Å². The molecule has 0 fully saturated rings. The molecule has 3 heteroatoms. The van der Waals surface area contributed by atoms with Crippen LogP contribution >= 0.6 is 0 Å². The van der Waals surface area contributed by atoms with E-state index in [2.05, 4.69) is 43.4 Å². The van der Waals surface area contributed by atoms with Crippen LogP contribution in [0.3, 0.4) is 0 Å². The minimum Gasteiger partial charge on any atom is -0.449 e. The number of aryl methyl sites for hydroxylation is 1. The Morgan fingerprint density at radius 1 is 1.33 bits per heavy atom. The molecule has 3 nitrogen and oxygen atoms in total. The number of nitrogens with zero attached hydrogens (tertiary/aromatic N) is 1. The number of nitriles is 1. The van der Waals surface area contributed by atoms with Crippen LogP contribution in [-0.2, 0) is 6.54 Å². The summed E-state index contributed by atoms with van der Waals surface area (Å²) in [7, 11) is 0. The molecule has 92 valence electrons. The summed E-state index contributed by atoms with van der Waals surface area (Å²) < 4.78 is 5.32. The highest BCUT2D eigenvalue weighted by Crippen LogP contribution is 2.15. The fourth-order valence-electron chi connectivity index (χ4n) is 1.84. The quantitative estimate of drug-likeness (QED) is 0.891. The number of hydrogen-bond acceptors (Lipinski definition) is 3. The summed E-state index contributed by atoms with van der Waals surface area (Å²) in [6.45, 7) is 4.82. The van der Waals surface area contributed by atoms with E-state index in [1.165, 1.54) is 11.1 Å². The highest BCUT2D eigenvalue weighted by molar-refractivity contribution is 5.25. The van der Waals surface area contributed by atoms with Crippen molar-refractivity contribution < 1.29 is 4.42 Å². The molecule has 0 saturated heterocycles. The number of furan rings is 1. The van der Waals surface area contributed by atoms with Crippen molar-refractivity contribution in [2.75, 3.05) is 0 Å². The molecule has 0 saturated carbocycles. The molecule has 0 spiro atoms. The largest absolute Gasteiger partial charge is 0.449 e. The number of rotatable bonds is 4. The number of nitrogens with one attached hydrogen (secondary N) is 1. The smallest absolute Gasteiger partial charge is 0.203 e. The molecular formula is C15H16N2O. The Morgan fingerprint density at radius 2 is 2.17 bits per heavy atom. The minimum atomic E-state index is 0.250.